The minimum Gasteiger partial charge on any atom is -0.394 e. The van der Waals surface area contributed by atoms with Crippen molar-refractivity contribution in [3.05, 3.63) is 46.9 Å². The molecule has 0 radical (unpaired) electrons. The Balaban J connectivity index is 1.91. The third-order valence-corrected chi connectivity index (χ3v) is 4.37. The second-order valence-corrected chi connectivity index (χ2v) is 6.05. The quantitative estimate of drug-likeness (QED) is 0.601. The van der Waals surface area contributed by atoms with E-state index in [0.717, 1.165) is 11.8 Å². The Hall–Kier alpha value is -2.88. The summed E-state index contributed by atoms with van der Waals surface area (Å²) in [5, 5.41) is 19.3. The van der Waals surface area contributed by atoms with Crippen LogP contribution in [0.3, 0.4) is 0 Å². The fourth-order valence-corrected chi connectivity index (χ4v) is 3.07. The fourth-order valence-electron chi connectivity index (χ4n) is 3.07. The summed E-state index contributed by atoms with van der Waals surface area (Å²) in [7, 11) is 0. The number of nitrogen functional groups attached to an aromatic ring is 1. The van der Waals surface area contributed by atoms with Crippen LogP contribution in [-0.2, 0) is 4.74 Å². The summed E-state index contributed by atoms with van der Waals surface area (Å²) in [4.78, 5) is 25.3. The van der Waals surface area contributed by atoms with E-state index in [1.54, 1.807) is 0 Å². The number of aromatic nitrogens is 4. The van der Waals surface area contributed by atoms with Crippen molar-refractivity contribution in [1.29, 1.82) is 0 Å². The third-order valence-electron chi connectivity index (χ3n) is 4.37. The third kappa shape index (κ3) is 2.71. The Morgan fingerprint density at radius 1 is 1.27 bits per heavy atom. The molecule has 0 bridgehead atoms. The van der Waals surface area contributed by atoms with Crippen LogP contribution in [0, 0.1) is 0 Å². The lowest BCUT2D eigenvalue weighted by Crippen LogP contribution is -2.27. The Bertz CT molecular complexity index is 1010. The number of aliphatic hydroxyl groups excluding tert-OH is 2. The molecule has 3 atom stereocenters. The lowest BCUT2D eigenvalue weighted by atomic mass is 10.2. The standard InChI is InChI=1S/C17H17N5O4/c18-15-14-17(21-16(20-15)9-4-2-1-3-5-9)22(12(25)7-19-14)13-6-10(24)11(8-23)26-13/h1-5,7,10-11,13,23-24H,6,8H2,(H2,18,20,21)/t10-,11+,13+/m0/s1. The van der Waals surface area contributed by atoms with Crippen LogP contribution in [0.2, 0.25) is 0 Å². The number of hydrogen-bond acceptors (Lipinski definition) is 8. The molecule has 3 aromatic rings. The molecule has 9 nitrogen and oxygen atoms in total. The monoisotopic (exact) mass is 355 g/mol. The van der Waals surface area contributed by atoms with Gasteiger partial charge in [0.1, 0.15) is 17.8 Å². The van der Waals surface area contributed by atoms with Gasteiger partial charge in [0.05, 0.1) is 18.9 Å². The minimum atomic E-state index is -0.882. The van der Waals surface area contributed by atoms with Crippen LogP contribution >= 0.6 is 0 Å². The Morgan fingerprint density at radius 2 is 2.04 bits per heavy atom. The van der Waals surface area contributed by atoms with Crippen LogP contribution in [0.15, 0.2) is 41.3 Å². The molecular weight excluding hydrogens is 338 g/mol. The van der Waals surface area contributed by atoms with Gasteiger partial charge in [0.25, 0.3) is 5.56 Å². The molecule has 1 aliphatic rings. The van der Waals surface area contributed by atoms with Gasteiger partial charge >= 0.3 is 0 Å². The lowest BCUT2D eigenvalue weighted by Gasteiger charge is -2.17. The normalized spacial score (nSPS) is 22.8. The van der Waals surface area contributed by atoms with Crippen molar-refractivity contribution in [2.75, 3.05) is 12.3 Å². The van der Waals surface area contributed by atoms with E-state index in [9.17, 15) is 15.0 Å². The summed E-state index contributed by atoms with van der Waals surface area (Å²) in [6, 6.07) is 9.22. The molecule has 0 unspecified atom stereocenters. The van der Waals surface area contributed by atoms with Gasteiger partial charge in [0, 0.05) is 12.0 Å². The van der Waals surface area contributed by atoms with Gasteiger partial charge in [-0.3, -0.25) is 9.36 Å². The molecule has 1 saturated heterocycles. The Morgan fingerprint density at radius 3 is 2.73 bits per heavy atom. The SMILES string of the molecule is Nc1nc(-c2ccccc2)nc2c1ncc(=O)n2[C@H]1C[C@H](O)[C@@H](CO)O1. The number of nitrogens with two attached hydrogens (primary N) is 1. The number of ether oxygens (including phenoxy) is 1. The number of aliphatic hydroxyl groups is 2. The molecule has 0 spiro atoms. The maximum Gasteiger partial charge on any atom is 0.272 e. The highest BCUT2D eigenvalue weighted by Crippen LogP contribution is 2.30. The predicted molar refractivity (Wildman–Crippen MR) is 93.1 cm³/mol. The van der Waals surface area contributed by atoms with E-state index < -0.39 is 24.0 Å². The van der Waals surface area contributed by atoms with Crippen molar-refractivity contribution in [3.8, 4) is 11.4 Å². The zero-order valence-corrected chi connectivity index (χ0v) is 13.7. The van der Waals surface area contributed by atoms with Crippen molar-refractivity contribution in [1.82, 2.24) is 19.5 Å². The van der Waals surface area contributed by atoms with Crippen LogP contribution in [0.5, 0.6) is 0 Å². The summed E-state index contributed by atoms with van der Waals surface area (Å²) in [5.41, 5.74) is 6.83. The van der Waals surface area contributed by atoms with E-state index in [-0.39, 0.29) is 30.0 Å². The number of rotatable bonds is 3. The highest BCUT2D eigenvalue weighted by atomic mass is 16.5. The van der Waals surface area contributed by atoms with Gasteiger partial charge in [-0.1, -0.05) is 30.3 Å². The van der Waals surface area contributed by atoms with E-state index in [0.29, 0.717) is 5.82 Å². The fraction of sp³-hybridized carbons (Fsp3) is 0.294. The second kappa shape index (κ2) is 6.45. The van der Waals surface area contributed by atoms with Gasteiger partial charge in [-0.15, -0.1) is 0 Å². The minimum absolute atomic E-state index is 0.139. The first-order chi connectivity index (χ1) is 12.6. The average Bonchev–Trinajstić information content (AvgIpc) is 3.02. The molecule has 4 rings (SSSR count). The zero-order valence-electron chi connectivity index (χ0n) is 13.7. The van der Waals surface area contributed by atoms with Crippen LogP contribution in [-0.4, -0.2) is 48.5 Å². The molecular formula is C17H17N5O4. The molecule has 1 fully saturated rings. The number of anilines is 1. The second-order valence-electron chi connectivity index (χ2n) is 6.05. The molecule has 134 valence electrons. The first kappa shape index (κ1) is 16.6. The highest BCUT2D eigenvalue weighted by Gasteiger charge is 2.36. The summed E-state index contributed by atoms with van der Waals surface area (Å²) in [5.74, 6) is 0.494. The van der Waals surface area contributed by atoms with Gasteiger partial charge in [-0.05, 0) is 0 Å². The Kier molecular flexibility index (Phi) is 4.11. The van der Waals surface area contributed by atoms with E-state index in [1.165, 1.54) is 4.57 Å². The molecule has 1 aliphatic heterocycles. The summed E-state index contributed by atoms with van der Waals surface area (Å²) in [6.07, 6.45) is -1.16. The van der Waals surface area contributed by atoms with Gasteiger partial charge in [0.2, 0.25) is 0 Å². The number of benzene rings is 1. The van der Waals surface area contributed by atoms with Crippen LogP contribution in [0.1, 0.15) is 12.6 Å². The highest BCUT2D eigenvalue weighted by molar-refractivity contribution is 5.83. The molecule has 0 saturated carbocycles. The van der Waals surface area contributed by atoms with Crippen molar-refractivity contribution in [2.24, 2.45) is 0 Å². The van der Waals surface area contributed by atoms with E-state index in [1.807, 2.05) is 30.3 Å². The van der Waals surface area contributed by atoms with Crippen molar-refractivity contribution in [3.63, 3.8) is 0 Å². The summed E-state index contributed by atoms with van der Waals surface area (Å²) >= 11 is 0. The van der Waals surface area contributed by atoms with Crippen molar-refractivity contribution in [2.45, 2.75) is 24.9 Å². The van der Waals surface area contributed by atoms with Gasteiger partial charge in [-0.25, -0.2) is 15.0 Å². The first-order valence-electron chi connectivity index (χ1n) is 8.13. The van der Waals surface area contributed by atoms with Gasteiger partial charge in [-0.2, -0.15) is 0 Å². The summed E-state index contributed by atoms with van der Waals surface area (Å²) in [6.45, 7) is -0.345. The van der Waals surface area contributed by atoms with Crippen molar-refractivity contribution >= 4 is 17.0 Å². The lowest BCUT2D eigenvalue weighted by molar-refractivity contribution is -0.0441. The van der Waals surface area contributed by atoms with Crippen molar-refractivity contribution < 1.29 is 14.9 Å². The molecule has 4 N–H and O–H groups in total. The van der Waals surface area contributed by atoms with Gasteiger partial charge in [0.15, 0.2) is 17.3 Å². The zero-order chi connectivity index (χ0) is 18.3. The number of hydrogen-bond donors (Lipinski definition) is 3. The smallest absolute Gasteiger partial charge is 0.272 e. The largest absolute Gasteiger partial charge is 0.394 e. The maximum absolute atomic E-state index is 12.5. The van der Waals surface area contributed by atoms with E-state index in [4.69, 9.17) is 10.5 Å². The number of nitrogens with zero attached hydrogens (tertiary/aromatic N) is 4. The topological polar surface area (TPSA) is 136 Å². The van der Waals surface area contributed by atoms with Crippen LogP contribution in [0.4, 0.5) is 5.82 Å². The maximum atomic E-state index is 12.5. The molecule has 3 heterocycles. The van der Waals surface area contributed by atoms with Crippen LogP contribution < -0.4 is 11.3 Å². The van der Waals surface area contributed by atoms with Crippen LogP contribution in [0.25, 0.3) is 22.6 Å². The predicted octanol–water partition coefficient (Wildman–Crippen LogP) is 0.0764. The Labute approximate surface area is 147 Å². The molecule has 0 aliphatic carbocycles. The molecule has 9 heteroatoms. The first-order valence-corrected chi connectivity index (χ1v) is 8.13. The molecule has 1 aromatic carbocycles. The molecule has 0 amide bonds. The molecule has 26 heavy (non-hydrogen) atoms. The summed E-state index contributed by atoms with van der Waals surface area (Å²) < 4.78 is 6.91. The van der Waals surface area contributed by atoms with Gasteiger partial charge < -0.3 is 20.7 Å². The number of fused-ring (bicyclic) bond motifs is 1. The average molecular weight is 355 g/mol. The van der Waals surface area contributed by atoms with E-state index >= 15 is 0 Å². The molecule has 2 aromatic heterocycles. The van der Waals surface area contributed by atoms with E-state index in [2.05, 4.69) is 15.0 Å².